The minimum absolute atomic E-state index is 0.145. The molecule has 1 fully saturated rings. The molecular weight excluding hydrogens is 338 g/mol. The van der Waals surface area contributed by atoms with Gasteiger partial charge in [0.05, 0.1) is 6.04 Å². The lowest BCUT2D eigenvalue weighted by Gasteiger charge is -2.12. The van der Waals surface area contributed by atoms with Crippen molar-refractivity contribution in [3.05, 3.63) is 33.8 Å². The van der Waals surface area contributed by atoms with Crippen molar-refractivity contribution < 1.29 is 9.90 Å². The quantitative estimate of drug-likeness (QED) is 0.671. The van der Waals surface area contributed by atoms with Gasteiger partial charge in [-0.15, -0.1) is 10.2 Å². The Labute approximate surface area is 142 Å². The summed E-state index contributed by atoms with van der Waals surface area (Å²) in [6.45, 7) is 1.98. The standard InChI is InChI=1S/C14H16ClN5O2S/c1-2-12-19-20-14(23-12)16-13(22)10-6-9(17-18-10)8-5-7(15)3-4-11(8)21/h3-5,9-10,17-18,21H,2,6H2,1H3,(H,16,20,22). The Morgan fingerprint density at radius 2 is 2.30 bits per heavy atom. The highest BCUT2D eigenvalue weighted by Crippen LogP contribution is 2.32. The maximum Gasteiger partial charge on any atom is 0.244 e. The van der Waals surface area contributed by atoms with E-state index in [9.17, 15) is 9.90 Å². The summed E-state index contributed by atoms with van der Waals surface area (Å²) >= 11 is 7.33. The van der Waals surface area contributed by atoms with E-state index < -0.39 is 6.04 Å². The second-order valence-corrected chi connectivity index (χ2v) is 6.67. The zero-order chi connectivity index (χ0) is 16.4. The van der Waals surface area contributed by atoms with E-state index in [1.807, 2.05) is 6.92 Å². The highest BCUT2D eigenvalue weighted by Gasteiger charge is 2.32. The Balaban J connectivity index is 1.64. The van der Waals surface area contributed by atoms with Gasteiger partial charge in [-0.1, -0.05) is 29.9 Å². The molecule has 1 saturated heterocycles. The number of hydrogen-bond acceptors (Lipinski definition) is 7. The van der Waals surface area contributed by atoms with Gasteiger partial charge in [-0.2, -0.15) is 0 Å². The largest absolute Gasteiger partial charge is 0.508 e. The first-order valence-electron chi connectivity index (χ1n) is 7.19. The zero-order valence-corrected chi connectivity index (χ0v) is 13.9. The van der Waals surface area contributed by atoms with Crippen LogP contribution in [0, 0.1) is 0 Å². The number of phenols is 1. The van der Waals surface area contributed by atoms with Crippen LogP contribution in [0.3, 0.4) is 0 Å². The van der Waals surface area contributed by atoms with Crippen molar-refractivity contribution in [2.45, 2.75) is 31.8 Å². The molecule has 1 aliphatic heterocycles. The van der Waals surface area contributed by atoms with Crippen LogP contribution in [-0.4, -0.2) is 27.3 Å². The van der Waals surface area contributed by atoms with Crippen LogP contribution in [-0.2, 0) is 11.2 Å². The molecule has 23 heavy (non-hydrogen) atoms. The van der Waals surface area contributed by atoms with Gasteiger partial charge in [-0.3, -0.25) is 10.1 Å². The summed E-state index contributed by atoms with van der Waals surface area (Å²) in [7, 11) is 0. The fraction of sp³-hybridized carbons (Fsp3) is 0.357. The third-order valence-electron chi connectivity index (χ3n) is 3.58. The van der Waals surface area contributed by atoms with E-state index in [2.05, 4.69) is 26.4 Å². The molecule has 0 radical (unpaired) electrons. The highest BCUT2D eigenvalue weighted by molar-refractivity contribution is 7.15. The summed E-state index contributed by atoms with van der Waals surface area (Å²) < 4.78 is 0. The van der Waals surface area contributed by atoms with Crippen LogP contribution in [0.2, 0.25) is 5.02 Å². The topological polar surface area (TPSA) is 99.2 Å². The fourth-order valence-electron chi connectivity index (χ4n) is 2.38. The smallest absolute Gasteiger partial charge is 0.244 e. The molecule has 1 amide bonds. The summed E-state index contributed by atoms with van der Waals surface area (Å²) in [6, 6.07) is 4.21. The van der Waals surface area contributed by atoms with E-state index in [1.165, 1.54) is 11.3 Å². The van der Waals surface area contributed by atoms with Crippen LogP contribution in [0.15, 0.2) is 18.2 Å². The van der Waals surface area contributed by atoms with Crippen LogP contribution in [0.1, 0.15) is 30.0 Å². The first-order chi connectivity index (χ1) is 11.1. The van der Waals surface area contributed by atoms with Gasteiger partial charge in [0, 0.05) is 10.6 Å². The van der Waals surface area contributed by atoms with E-state index in [0.717, 1.165) is 11.4 Å². The van der Waals surface area contributed by atoms with Crippen molar-refractivity contribution in [3.63, 3.8) is 0 Å². The van der Waals surface area contributed by atoms with Crippen LogP contribution in [0.25, 0.3) is 0 Å². The van der Waals surface area contributed by atoms with E-state index in [0.29, 0.717) is 22.1 Å². The monoisotopic (exact) mass is 353 g/mol. The lowest BCUT2D eigenvalue weighted by Crippen LogP contribution is -2.39. The van der Waals surface area contributed by atoms with Crippen molar-refractivity contribution in [3.8, 4) is 5.75 Å². The number of halogens is 1. The molecule has 0 spiro atoms. The molecule has 9 heteroatoms. The summed E-state index contributed by atoms with van der Waals surface area (Å²) in [6.07, 6.45) is 1.27. The number of rotatable bonds is 4. The van der Waals surface area contributed by atoms with E-state index in [4.69, 9.17) is 11.6 Å². The molecule has 1 aromatic carbocycles. The molecule has 1 aliphatic rings. The van der Waals surface area contributed by atoms with Crippen molar-refractivity contribution in [2.75, 3.05) is 5.32 Å². The average molecular weight is 354 g/mol. The number of aromatic hydroxyl groups is 1. The number of amides is 1. The molecule has 0 bridgehead atoms. The molecule has 0 saturated carbocycles. The highest BCUT2D eigenvalue weighted by atomic mass is 35.5. The molecule has 2 aromatic rings. The minimum Gasteiger partial charge on any atom is -0.508 e. The number of nitrogens with zero attached hydrogens (tertiary/aromatic N) is 2. The molecule has 3 rings (SSSR count). The summed E-state index contributed by atoms with van der Waals surface area (Å²) in [5.74, 6) is -0.0493. The Morgan fingerprint density at radius 1 is 1.48 bits per heavy atom. The normalized spacial score (nSPS) is 20.6. The number of anilines is 1. The molecule has 1 aromatic heterocycles. The molecule has 2 atom stereocenters. The second kappa shape index (κ2) is 6.79. The van der Waals surface area contributed by atoms with Crippen molar-refractivity contribution in [1.82, 2.24) is 21.0 Å². The first kappa shape index (κ1) is 16.1. The van der Waals surface area contributed by atoms with Gasteiger partial charge in [0.1, 0.15) is 16.8 Å². The minimum atomic E-state index is -0.438. The van der Waals surface area contributed by atoms with Gasteiger partial charge in [0.25, 0.3) is 0 Å². The number of hydrogen-bond donors (Lipinski definition) is 4. The van der Waals surface area contributed by atoms with Gasteiger partial charge >= 0.3 is 0 Å². The SMILES string of the molecule is CCc1nnc(NC(=O)C2CC(c3cc(Cl)ccc3O)NN2)s1. The second-order valence-electron chi connectivity index (χ2n) is 5.18. The van der Waals surface area contributed by atoms with Gasteiger partial charge in [-0.05, 0) is 31.0 Å². The predicted molar refractivity (Wildman–Crippen MR) is 88.5 cm³/mol. The lowest BCUT2D eigenvalue weighted by atomic mass is 10.0. The van der Waals surface area contributed by atoms with Crippen LogP contribution < -0.4 is 16.2 Å². The molecule has 122 valence electrons. The van der Waals surface area contributed by atoms with Crippen LogP contribution >= 0.6 is 22.9 Å². The number of benzene rings is 1. The number of hydrazine groups is 1. The van der Waals surface area contributed by atoms with Crippen LogP contribution in [0.4, 0.5) is 5.13 Å². The molecule has 2 unspecified atom stereocenters. The predicted octanol–water partition coefficient (Wildman–Crippen LogP) is 2.01. The van der Waals surface area contributed by atoms with Crippen molar-refractivity contribution in [2.24, 2.45) is 0 Å². The summed E-state index contributed by atoms with van der Waals surface area (Å²) in [5.41, 5.74) is 6.60. The van der Waals surface area contributed by atoms with E-state index >= 15 is 0 Å². The molecule has 7 nitrogen and oxygen atoms in total. The summed E-state index contributed by atoms with van der Waals surface area (Å²) in [5, 5.41) is 22.5. The summed E-state index contributed by atoms with van der Waals surface area (Å²) in [4.78, 5) is 12.3. The molecule has 4 N–H and O–H groups in total. The van der Waals surface area contributed by atoms with Crippen molar-refractivity contribution in [1.29, 1.82) is 0 Å². The fourth-order valence-corrected chi connectivity index (χ4v) is 3.24. The Bertz CT molecular complexity index is 723. The number of aryl methyl sites for hydroxylation is 1. The third-order valence-corrected chi connectivity index (χ3v) is 4.80. The number of carbonyl (C=O) groups is 1. The zero-order valence-electron chi connectivity index (χ0n) is 12.3. The third kappa shape index (κ3) is 3.61. The van der Waals surface area contributed by atoms with Gasteiger partial charge in [0.15, 0.2) is 0 Å². The van der Waals surface area contributed by atoms with E-state index in [1.54, 1.807) is 18.2 Å². The molecule has 0 aliphatic carbocycles. The van der Waals surface area contributed by atoms with Crippen LogP contribution in [0.5, 0.6) is 5.75 Å². The van der Waals surface area contributed by atoms with Gasteiger partial charge in [-0.25, -0.2) is 10.9 Å². The molecular formula is C14H16ClN5O2S. The molecule has 2 heterocycles. The Kier molecular flexibility index (Phi) is 4.76. The maximum atomic E-state index is 12.3. The average Bonchev–Trinajstić information content (AvgIpc) is 3.18. The Morgan fingerprint density at radius 3 is 3.04 bits per heavy atom. The van der Waals surface area contributed by atoms with Gasteiger partial charge in [0.2, 0.25) is 11.0 Å². The van der Waals surface area contributed by atoms with Crippen molar-refractivity contribution >= 4 is 34.0 Å². The number of aromatic nitrogens is 2. The number of phenolic OH excluding ortho intramolecular Hbond substituents is 1. The number of carbonyl (C=O) groups excluding carboxylic acids is 1. The van der Waals surface area contributed by atoms with E-state index in [-0.39, 0.29) is 17.7 Å². The lowest BCUT2D eigenvalue weighted by molar-refractivity contribution is -0.117. The maximum absolute atomic E-state index is 12.3. The Hall–Kier alpha value is -1.74. The van der Waals surface area contributed by atoms with Gasteiger partial charge < -0.3 is 5.11 Å². The number of nitrogens with one attached hydrogen (secondary N) is 3. The first-order valence-corrected chi connectivity index (χ1v) is 8.39.